The van der Waals surface area contributed by atoms with Crippen LogP contribution >= 0.6 is 11.6 Å². The van der Waals surface area contributed by atoms with E-state index in [1.54, 1.807) is 12.1 Å². The SMILES string of the molecule is Fc1ccc(CCc2cccc(OCc3ccccc3)c2)cc1Cl. The van der Waals surface area contributed by atoms with Crippen LogP contribution in [0.2, 0.25) is 5.02 Å². The van der Waals surface area contributed by atoms with Crippen molar-refractivity contribution in [3.63, 3.8) is 0 Å². The molecule has 0 unspecified atom stereocenters. The van der Waals surface area contributed by atoms with E-state index in [9.17, 15) is 4.39 Å². The minimum Gasteiger partial charge on any atom is -0.489 e. The number of hydrogen-bond acceptors (Lipinski definition) is 1. The highest BCUT2D eigenvalue weighted by atomic mass is 35.5. The molecule has 0 aromatic heterocycles. The molecular formula is C21H18ClFO. The standard InChI is InChI=1S/C21H18ClFO/c22-20-14-17(11-12-21(20)23)10-9-16-7-4-8-19(13-16)24-15-18-5-2-1-3-6-18/h1-8,11-14H,9-10,15H2. The molecule has 3 aromatic rings. The zero-order chi connectivity index (χ0) is 16.8. The summed E-state index contributed by atoms with van der Waals surface area (Å²) in [7, 11) is 0. The van der Waals surface area contributed by atoms with Crippen molar-refractivity contribution in [2.75, 3.05) is 0 Å². The van der Waals surface area contributed by atoms with E-state index in [0.29, 0.717) is 6.61 Å². The Morgan fingerprint density at radius 2 is 1.46 bits per heavy atom. The molecule has 0 fully saturated rings. The van der Waals surface area contributed by atoms with Gasteiger partial charge in [-0.3, -0.25) is 0 Å². The first kappa shape index (κ1) is 16.5. The number of rotatable bonds is 6. The zero-order valence-corrected chi connectivity index (χ0v) is 14.0. The van der Waals surface area contributed by atoms with Gasteiger partial charge < -0.3 is 4.74 Å². The second kappa shape index (κ2) is 7.98. The second-order valence-electron chi connectivity index (χ2n) is 5.67. The predicted molar refractivity (Wildman–Crippen MR) is 96.0 cm³/mol. The average Bonchev–Trinajstić information content (AvgIpc) is 2.62. The smallest absolute Gasteiger partial charge is 0.141 e. The minimum absolute atomic E-state index is 0.174. The molecule has 0 bridgehead atoms. The lowest BCUT2D eigenvalue weighted by Gasteiger charge is -2.09. The van der Waals surface area contributed by atoms with Gasteiger partial charge in [0.15, 0.2) is 0 Å². The van der Waals surface area contributed by atoms with Crippen LogP contribution in [0.15, 0.2) is 72.8 Å². The molecule has 0 amide bonds. The van der Waals surface area contributed by atoms with Crippen LogP contribution in [0, 0.1) is 5.82 Å². The van der Waals surface area contributed by atoms with E-state index in [2.05, 4.69) is 6.07 Å². The molecule has 0 aliphatic carbocycles. The molecule has 0 heterocycles. The second-order valence-corrected chi connectivity index (χ2v) is 6.08. The zero-order valence-electron chi connectivity index (χ0n) is 13.2. The molecule has 122 valence electrons. The van der Waals surface area contributed by atoms with Gasteiger partial charge in [0.1, 0.15) is 18.2 Å². The van der Waals surface area contributed by atoms with Crippen LogP contribution in [0.4, 0.5) is 4.39 Å². The van der Waals surface area contributed by atoms with Crippen molar-refractivity contribution < 1.29 is 9.13 Å². The average molecular weight is 341 g/mol. The topological polar surface area (TPSA) is 9.23 Å². The predicted octanol–water partition coefficient (Wildman–Crippen LogP) is 5.84. The summed E-state index contributed by atoms with van der Waals surface area (Å²) in [5.74, 6) is 0.477. The summed E-state index contributed by atoms with van der Waals surface area (Å²) in [4.78, 5) is 0. The van der Waals surface area contributed by atoms with Gasteiger partial charge in [-0.1, -0.05) is 60.1 Å². The summed E-state index contributed by atoms with van der Waals surface area (Å²) in [5.41, 5.74) is 3.35. The van der Waals surface area contributed by atoms with E-state index < -0.39 is 0 Å². The molecule has 3 aromatic carbocycles. The maximum absolute atomic E-state index is 13.2. The molecule has 0 spiro atoms. The molecule has 0 aliphatic rings. The summed E-state index contributed by atoms with van der Waals surface area (Å²) >= 11 is 5.83. The highest BCUT2D eigenvalue weighted by Gasteiger charge is 2.03. The van der Waals surface area contributed by atoms with E-state index in [1.165, 1.54) is 11.6 Å². The summed E-state index contributed by atoms with van der Waals surface area (Å²) in [6.45, 7) is 0.553. The van der Waals surface area contributed by atoms with Crippen LogP contribution in [-0.2, 0) is 19.4 Å². The van der Waals surface area contributed by atoms with Crippen molar-refractivity contribution in [3.05, 3.63) is 100 Å². The summed E-state index contributed by atoms with van der Waals surface area (Å²) in [6, 6.07) is 23.0. The van der Waals surface area contributed by atoms with Crippen LogP contribution in [0.5, 0.6) is 5.75 Å². The number of ether oxygens (including phenoxy) is 1. The van der Waals surface area contributed by atoms with E-state index in [0.717, 1.165) is 29.7 Å². The Morgan fingerprint density at radius 3 is 2.21 bits per heavy atom. The molecule has 0 saturated heterocycles. The fraction of sp³-hybridized carbons (Fsp3) is 0.143. The molecule has 3 rings (SSSR count). The minimum atomic E-state index is -0.378. The fourth-order valence-corrected chi connectivity index (χ4v) is 2.72. The Bertz CT molecular complexity index is 802. The number of halogens is 2. The van der Waals surface area contributed by atoms with Crippen LogP contribution in [0.25, 0.3) is 0 Å². The highest BCUT2D eigenvalue weighted by molar-refractivity contribution is 6.30. The van der Waals surface area contributed by atoms with Gasteiger partial charge in [0, 0.05) is 0 Å². The lowest BCUT2D eigenvalue weighted by Crippen LogP contribution is -1.97. The molecule has 0 saturated carbocycles. The van der Waals surface area contributed by atoms with Crippen molar-refractivity contribution in [2.45, 2.75) is 19.4 Å². The first-order valence-corrected chi connectivity index (χ1v) is 8.28. The van der Waals surface area contributed by atoms with Crippen LogP contribution in [-0.4, -0.2) is 0 Å². The van der Waals surface area contributed by atoms with Gasteiger partial charge in [-0.15, -0.1) is 0 Å². The molecule has 24 heavy (non-hydrogen) atoms. The third kappa shape index (κ3) is 4.59. The largest absolute Gasteiger partial charge is 0.489 e. The molecular weight excluding hydrogens is 323 g/mol. The fourth-order valence-electron chi connectivity index (χ4n) is 2.52. The Labute approximate surface area is 146 Å². The van der Waals surface area contributed by atoms with Crippen LogP contribution in [0.3, 0.4) is 0 Å². The van der Waals surface area contributed by atoms with Crippen molar-refractivity contribution in [1.82, 2.24) is 0 Å². The van der Waals surface area contributed by atoms with Gasteiger partial charge in [-0.05, 0) is 53.8 Å². The molecule has 0 N–H and O–H groups in total. The third-order valence-corrected chi connectivity index (χ3v) is 4.12. The molecule has 0 atom stereocenters. The van der Waals surface area contributed by atoms with Gasteiger partial charge in [0.25, 0.3) is 0 Å². The number of aryl methyl sites for hydroxylation is 2. The Balaban J connectivity index is 1.59. The van der Waals surface area contributed by atoms with Crippen molar-refractivity contribution >= 4 is 11.6 Å². The van der Waals surface area contributed by atoms with Gasteiger partial charge in [-0.25, -0.2) is 4.39 Å². The lowest BCUT2D eigenvalue weighted by molar-refractivity contribution is 0.306. The van der Waals surface area contributed by atoms with Crippen LogP contribution < -0.4 is 4.74 Å². The highest BCUT2D eigenvalue weighted by Crippen LogP contribution is 2.19. The monoisotopic (exact) mass is 340 g/mol. The maximum Gasteiger partial charge on any atom is 0.141 e. The Hall–Kier alpha value is -2.32. The first-order chi connectivity index (χ1) is 11.7. The van der Waals surface area contributed by atoms with Gasteiger partial charge >= 0.3 is 0 Å². The summed E-state index contributed by atoms with van der Waals surface area (Å²) in [6.07, 6.45) is 1.66. The summed E-state index contributed by atoms with van der Waals surface area (Å²) < 4.78 is 19.0. The number of hydrogen-bond donors (Lipinski definition) is 0. The molecule has 3 heteroatoms. The van der Waals surface area contributed by atoms with E-state index in [1.807, 2.05) is 48.5 Å². The normalized spacial score (nSPS) is 10.6. The van der Waals surface area contributed by atoms with Crippen molar-refractivity contribution in [2.24, 2.45) is 0 Å². The van der Waals surface area contributed by atoms with Crippen LogP contribution in [0.1, 0.15) is 16.7 Å². The molecule has 0 radical (unpaired) electrons. The van der Waals surface area contributed by atoms with Gasteiger partial charge in [-0.2, -0.15) is 0 Å². The van der Waals surface area contributed by atoms with E-state index in [4.69, 9.17) is 16.3 Å². The first-order valence-electron chi connectivity index (χ1n) is 7.90. The Kier molecular flexibility index (Phi) is 5.50. The lowest BCUT2D eigenvalue weighted by atomic mass is 10.0. The Morgan fingerprint density at radius 1 is 0.750 bits per heavy atom. The van der Waals surface area contributed by atoms with Gasteiger partial charge in [0.2, 0.25) is 0 Å². The van der Waals surface area contributed by atoms with Gasteiger partial charge in [0.05, 0.1) is 5.02 Å². The summed E-state index contributed by atoms with van der Waals surface area (Å²) in [5, 5.41) is 0.174. The van der Waals surface area contributed by atoms with Crippen molar-refractivity contribution in [1.29, 1.82) is 0 Å². The molecule has 1 nitrogen and oxygen atoms in total. The van der Waals surface area contributed by atoms with E-state index in [-0.39, 0.29) is 10.8 Å². The quantitative estimate of drug-likeness (QED) is 0.547. The molecule has 0 aliphatic heterocycles. The van der Waals surface area contributed by atoms with E-state index >= 15 is 0 Å². The van der Waals surface area contributed by atoms with Crippen molar-refractivity contribution in [3.8, 4) is 5.75 Å². The maximum atomic E-state index is 13.2. The number of benzene rings is 3. The third-order valence-electron chi connectivity index (χ3n) is 3.83.